The zero-order valence-electron chi connectivity index (χ0n) is 11.7. The van der Waals surface area contributed by atoms with Crippen molar-refractivity contribution in [3.8, 4) is 11.5 Å². The van der Waals surface area contributed by atoms with Crippen molar-refractivity contribution in [2.75, 3.05) is 17.2 Å². The van der Waals surface area contributed by atoms with Gasteiger partial charge in [0.25, 0.3) is 0 Å². The van der Waals surface area contributed by atoms with Crippen molar-refractivity contribution in [3.05, 3.63) is 54.7 Å². The Bertz CT molecular complexity index is 871. The van der Waals surface area contributed by atoms with Crippen LogP contribution in [0.3, 0.4) is 0 Å². The van der Waals surface area contributed by atoms with Gasteiger partial charge in [0.1, 0.15) is 11.4 Å². The number of fused-ring (bicyclic) bond motifs is 2. The summed E-state index contributed by atoms with van der Waals surface area (Å²) in [6.07, 6.45) is 1.66. The van der Waals surface area contributed by atoms with E-state index in [1.165, 1.54) is 0 Å². The first-order chi connectivity index (χ1) is 10.8. The van der Waals surface area contributed by atoms with Crippen molar-refractivity contribution in [2.24, 2.45) is 0 Å². The standard InChI is InChI=1S/C17H13N3O2/c21-15-10-19-17-16(20-15)14(8-9-18-17)22-13-7-3-5-11-4-1-2-6-12(11)13/h1-9H,10H2,(H,18,19)(H,20,21). The minimum absolute atomic E-state index is 0.108. The third-order valence-electron chi connectivity index (χ3n) is 3.56. The molecule has 0 aliphatic carbocycles. The molecule has 2 N–H and O–H groups in total. The average Bonchev–Trinajstić information content (AvgIpc) is 2.56. The molecular weight excluding hydrogens is 278 g/mol. The summed E-state index contributed by atoms with van der Waals surface area (Å²) in [5, 5.41) is 7.90. The zero-order valence-corrected chi connectivity index (χ0v) is 11.7. The second kappa shape index (κ2) is 5.04. The maximum Gasteiger partial charge on any atom is 0.243 e. The van der Waals surface area contributed by atoms with Gasteiger partial charge in [0, 0.05) is 17.6 Å². The number of rotatable bonds is 2. The third-order valence-corrected chi connectivity index (χ3v) is 3.56. The van der Waals surface area contributed by atoms with E-state index in [2.05, 4.69) is 15.6 Å². The van der Waals surface area contributed by atoms with Crippen molar-refractivity contribution in [1.29, 1.82) is 0 Å². The number of hydrogen-bond donors (Lipinski definition) is 2. The molecule has 5 heteroatoms. The number of nitrogens with zero attached hydrogens (tertiary/aromatic N) is 1. The fraction of sp³-hybridized carbons (Fsp3) is 0.0588. The molecule has 1 aromatic heterocycles. The summed E-state index contributed by atoms with van der Waals surface area (Å²) < 4.78 is 6.04. The van der Waals surface area contributed by atoms with Gasteiger partial charge in [-0.1, -0.05) is 36.4 Å². The van der Waals surface area contributed by atoms with Gasteiger partial charge in [0.15, 0.2) is 11.6 Å². The molecule has 4 rings (SSSR count). The highest BCUT2D eigenvalue weighted by Crippen LogP contribution is 2.37. The third kappa shape index (κ3) is 2.13. The maximum absolute atomic E-state index is 11.6. The highest BCUT2D eigenvalue weighted by atomic mass is 16.5. The first-order valence-electron chi connectivity index (χ1n) is 6.99. The highest BCUT2D eigenvalue weighted by molar-refractivity contribution is 6.01. The fourth-order valence-electron chi connectivity index (χ4n) is 2.53. The summed E-state index contributed by atoms with van der Waals surface area (Å²) in [5.41, 5.74) is 0.576. The molecule has 1 amide bonds. The lowest BCUT2D eigenvalue weighted by Gasteiger charge is -2.20. The molecule has 22 heavy (non-hydrogen) atoms. The van der Waals surface area contributed by atoms with Crippen LogP contribution in [-0.2, 0) is 4.79 Å². The number of hydrogen-bond acceptors (Lipinski definition) is 4. The molecule has 0 spiro atoms. The number of carbonyl (C=O) groups excluding carboxylic acids is 1. The average molecular weight is 291 g/mol. The van der Waals surface area contributed by atoms with E-state index in [0.29, 0.717) is 17.3 Å². The van der Waals surface area contributed by atoms with Gasteiger partial charge in [0.2, 0.25) is 5.91 Å². The fourth-order valence-corrected chi connectivity index (χ4v) is 2.53. The Balaban J connectivity index is 1.79. The summed E-state index contributed by atoms with van der Waals surface area (Å²) in [6, 6.07) is 15.6. The summed E-state index contributed by atoms with van der Waals surface area (Å²) in [6.45, 7) is 0.220. The van der Waals surface area contributed by atoms with Crippen LogP contribution in [0.1, 0.15) is 0 Å². The molecule has 0 saturated carbocycles. The molecule has 5 nitrogen and oxygen atoms in total. The largest absolute Gasteiger partial charge is 0.454 e. The molecule has 0 unspecified atom stereocenters. The lowest BCUT2D eigenvalue weighted by atomic mass is 10.1. The van der Waals surface area contributed by atoms with E-state index in [4.69, 9.17) is 4.74 Å². The minimum Gasteiger partial charge on any atom is -0.454 e. The first kappa shape index (κ1) is 12.6. The SMILES string of the molecule is O=C1CNc2nccc(Oc3cccc4ccccc34)c2N1. The number of pyridine rings is 1. The number of aromatic nitrogens is 1. The molecule has 108 valence electrons. The molecule has 1 aliphatic rings. The maximum atomic E-state index is 11.6. The second-order valence-electron chi connectivity index (χ2n) is 5.01. The molecule has 0 bridgehead atoms. The number of nitrogens with one attached hydrogen (secondary N) is 2. The van der Waals surface area contributed by atoms with Gasteiger partial charge in [-0.2, -0.15) is 0 Å². The molecule has 2 aromatic carbocycles. The van der Waals surface area contributed by atoms with E-state index in [1.54, 1.807) is 12.3 Å². The van der Waals surface area contributed by atoms with E-state index >= 15 is 0 Å². The number of amides is 1. The van der Waals surface area contributed by atoms with Crippen LogP contribution in [0, 0.1) is 0 Å². The van der Waals surface area contributed by atoms with Crippen molar-refractivity contribution in [1.82, 2.24) is 4.98 Å². The van der Waals surface area contributed by atoms with E-state index < -0.39 is 0 Å². The molecule has 0 saturated heterocycles. The Morgan fingerprint density at radius 3 is 2.82 bits per heavy atom. The Hall–Kier alpha value is -3.08. The van der Waals surface area contributed by atoms with Crippen molar-refractivity contribution in [3.63, 3.8) is 0 Å². The Kier molecular flexibility index (Phi) is 2.89. The van der Waals surface area contributed by atoms with Crippen molar-refractivity contribution in [2.45, 2.75) is 0 Å². The smallest absolute Gasteiger partial charge is 0.243 e. The molecule has 2 heterocycles. The Labute approximate surface area is 126 Å². The number of anilines is 2. The predicted octanol–water partition coefficient (Wildman–Crippen LogP) is 3.39. The topological polar surface area (TPSA) is 63.2 Å². The van der Waals surface area contributed by atoms with Gasteiger partial charge in [-0.25, -0.2) is 4.98 Å². The lowest BCUT2D eigenvalue weighted by molar-refractivity contribution is -0.114. The molecule has 0 radical (unpaired) electrons. The van der Waals surface area contributed by atoms with Gasteiger partial charge < -0.3 is 15.4 Å². The number of ether oxygens (including phenoxy) is 1. The molecule has 0 atom stereocenters. The molecular formula is C17H13N3O2. The predicted molar refractivity (Wildman–Crippen MR) is 85.4 cm³/mol. The van der Waals surface area contributed by atoms with Crippen LogP contribution >= 0.6 is 0 Å². The second-order valence-corrected chi connectivity index (χ2v) is 5.01. The Morgan fingerprint density at radius 2 is 1.86 bits per heavy atom. The van der Waals surface area contributed by atoms with Crippen molar-refractivity contribution < 1.29 is 9.53 Å². The van der Waals surface area contributed by atoms with Crippen LogP contribution in [0.5, 0.6) is 11.5 Å². The van der Waals surface area contributed by atoms with Crippen LogP contribution < -0.4 is 15.4 Å². The van der Waals surface area contributed by atoms with Gasteiger partial charge in [-0.3, -0.25) is 4.79 Å². The normalized spacial score (nSPS) is 13.2. The van der Waals surface area contributed by atoms with E-state index in [-0.39, 0.29) is 12.5 Å². The number of carbonyl (C=O) groups is 1. The van der Waals surface area contributed by atoms with Gasteiger partial charge in [0.05, 0.1) is 6.54 Å². The van der Waals surface area contributed by atoms with E-state index in [0.717, 1.165) is 16.5 Å². The summed E-state index contributed by atoms with van der Waals surface area (Å²) in [5.74, 6) is 1.83. The quantitative estimate of drug-likeness (QED) is 0.759. The van der Waals surface area contributed by atoms with Crippen LogP contribution in [0.4, 0.5) is 11.5 Å². The summed E-state index contributed by atoms with van der Waals surface area (Å²) >= 11 is 0. The molecule has 0 fully saturated rings. The molecule has 3 aromatic rings. The highest BCUT2D eigenvalue weighted by Gasteiger charge is 2.20. The van der Waals surface area contributed by atoms with Gasteiger partial charge in [-0.05, 0) is 11.5 Å². The van der Waals surface area contributed by atoms with Crippen LogP contribution in [0.25, 0.3) is 10.8 Å². The molecule has 1 aliphatic heterocycles. The lowest BCUT2D eigenvalue weighted by Crippen LogP contribution is -2.28. The summed E-state index contributed by atoms with van der Waals surface area (Å²) in [7, 11) is 0. The van der Waals surface area contributed by atoms with Crippen LogP contribution in [0.2, 0.25) is 0 Å². The Morgan fingerprint density at radius 1 is 1.00 bits per heavy atom. The van der Waals surface area contributed by atoms with Crippen LogP contribution in [0.15, 0.2) is 54.7 Å². The van der Waals surface area contributed by atoms with Crippen molar-refractivity contribution >= 4 is 28.2 Å². The van der Waals surface area contributed by atoms with Gasteiger partial charge >= 0.3 is 0 Å². The number of benzene rings is 2. The zero-order chi connectivity index (χ0) is 14.9. The van der Waals surface area contributed by atoms with E-state index in [1.807, 2.05) is 42.5 Å². The monoisotopic (exact) mass is 291 g/mol. The first-order valence-corrected chi connectivity index (χ1v) is 6.99. The summed E-state index contributed by atoms with van der Waals surface area (Å²) in [4.78, 5) is 15.8. The minimum atomic E-state index is -0.108. The van der Waals surface area contributed by atoms with E-state index in [9.17, 15) is 4.79 Å². The van der Waals surface area contributed by atoms with Crippen LogP contribution in [-0.4, -0.2) is 17.4 Å². The van der Waals surface area contributed by atoms with Gasteiger partial charge in [-0.15, -0.1) is 0 Å².